The molecule has 2 aromatic rings. The molecule has 1 saturated heterocycles. The van der Waals surface area contributed by atoms with Crippen LogP contribution in [0.1, 0.15) is 23.1 Å². The molecule has 1 aliphatic carbocycles. The van der Waals surface area contributed by atoms with Crippen molar-refractivity contribution in [3.05, 3.63) is 71.3 Å². The first-order valence-corrected chi connectivity index (χ1v) is 9.95. The molecule has 2 aliphatic rings. The molecule has 2 N–H and O–H groups in total. The Morgan fingerprint density at radius 1 is 1.11 bits per heavy atom. The van der Waals surface area contributed by atoms with Crippen molar-refractivity contribution in [2.75, 3.05) is 26.7 Å². The maximum Gasteiger partial charge on any atom is 0.243 e. The van der Waals surface area contributed by atoms with Crippen LogP contribution in [0.15, 0.2) is 54.6 Å². The molecule has 4 nitrogen and oxygen atoms in total. The molecule has 27 heavy (non-hydrogen) atoms. The number of hydrogen-bond donors (Lipinski definition) is 1. The van der Waals surface area contributed by atoms with E-state index in [2.05, 4.69) is 60.5 Å². The summed E-state index contributed by atoms with van der Waals surface area (Å²) in [6.07, 6.45) is 3.43. The molecule has 2 aromatic carbocycles. The summed E-state index contributed by atoms with van der Waals surface area (Å²) in [6, 6.07) is 19.1. The van der Waals surface area contributed by atoms with Crippen molar-refractivity contribution in [2.24, 2.45) is 5.73 Å². The summed E-state index contributed by atoms with van der Waals surface area (Å²) >= 11 is 0. The molecule has 0 unspecified atom stereocenters. The van der Waals surface area contributed by atoms with Gasteiger partial charge in [-0.3, -0.25) is 9.69 Å². The smallest absolute Gasteiger partial charge is 0.243 e. The van der Waals surface area contributed by atoms with Crippen molar-refractivity contribution in [1.82, 2.24) is 9.80 Å². The van der Waals surface area contributed by atoms with Crippen molar-refractivity contribution >= 4 is 5.91 Å². The van der Waals surface area contributed by atoms with Gasteiger partial charge >= 0.3 is 0 Å². The van der Waals surface area contributed by atoms with Crippen LogP contribution >= 0.6 is 0 Å². The van der Waals surface area contributed by atoms with Crippen LogP contribution in [0.3, 0.4) is 0 Å². The van der Waals surface area contributed by atoms with Crippen molar-refractivity contribution in [2.45, 2.75) is 37.3 Å². The van der Waals surface area contributed by atoms with Crippen LogP contribution in [0.5, 0.6) is 0 Å². The van der Waals surface area contributed by atoms with E-state index in [-0.39, 0.29) is 11.9 Å². The highest BCUT2D eigenvalue weighted by Crippen LogP contribution is 2.36. The lowest BCUT2D eigenvalue weighted by molar-refractivity contribution is -0.142. The summed E-state index contributed by atoms with van der Waals surface area (Å²) in [5.41, 5.74) is 9.53. The van der Waals surface area contributed by atoms with Crippen molar-refractivity contribution in [1.29, 1.82) is 0 Å². The Kier molecular flexibility index (Phi) is 5.02. The van der Waals surface area contributed by atoms with E-state index in [0.717, 1.165) is 38.8 Å². The van der Waals surface area contributed by atoms with Gasteiger partial charge in [-0.1, -0.05) is 54.6 Å². The summed E-state index contributed by atoms with van der Waals surface area (Å²) in [6.45, 7) is 2.33. The van der Waals surface area contributed by atoms with Gasteiger partial charge in [0.15, 0.2) is 0 Å². The molecule has 0 radical (unpaired) electrons. The van der Waals surface area contributed by atoms with E-state index in [0.29, 0.717) is 6.54 Å². The first kappa shape index (κ1) is 18.2. The number of likely N-dealkylation sites (tertiary alicyclic amines) is 1. The van der Waals surface area contributed by atoms with Crippen LogP contribution in [0.4, 0.5) is 0 Å². The third-order valence-electron chi connectivity index (χ3n) is 6.30. The quantitative estimate of drug-likeness (QED) is 0.886. The van der Waals surface area contributed by atoms with Crippen LogP contribution in [0.2, 0.25) is 0 Å². The van der Waals surface area contributed by atoms with Crippen molar-refractivity contribution in [3.8, 4) is 0 Å². The number of nitrogens with two attached hydrogens (primary N) is 1. The second kappa shape index (κ2) is 7.45. The van der Waals surface area contributed by atoms with Gasteiger partial charge in [-0.15, -0.1) is 0 Å². The number of carbonyl (C=O) groups excluding carboxylic acids is 1. The average Bonchev–Trinajstić information content (AvgIpc) is 3.30. The van der Waals surface area contributed by atoms with E-state index in [9.17, 15) is 4.79 Å². The monoisotopic (exact) mass is 363 g/mol. The molecular formula is C23H29N3O. The molecule has 4 rings (SSSR count). The molecule has 142 valence electrons. The minimum absolute atomic E-state index is 0.115. The van der Waals surface area contributed by atoms with E-state index in [1.165, 1.54) is 16.7 Å². The predicted octanol–water partition coefficient (Wildman–Crippen LogP) is 2.26. The first-order valence-electron chi connectivity index (χ1n) is 9.95. The normalized spacial score (nSPS) is 20.9. The molecule has 4 heteroatoms. The second-order valence-corrected chi connectivity index (χ2v) is 8.11. The van der Waals surface area contributed by atoms with E-state index < -0.39 is 5.54 Å². The van der Waals surface area contributed by atoms with Gasteiger partial charge in [0.2, 0.25) is 5.91 Å². The Morgan fingerprint density at radius 3 is 2.33 bits per heavy atom. The fraction of sp³-hybridized carbons (Fsp3) is 0.435. The molecule has 0 saturated carbocycles. The third kappa shape index (κ3) is 3.52. The highest BCUT2D eigenvalue weighted by Gasteiger charge is 2.49. The molecular weight excluding hydrogens is 334 g/mol. The highest BCUT2D eigenvalue weighted by atomic mass is 16.2. The van der Waals surface area contributed by atoms with Crippen LogP contribution in [0, 0.1) is 0 Å². The van der Waals surface area contributed by atoms with Gasteiger partial charge in [0.25, 0.3) is 0 Å². The van der Waals surface area contributed by atoms with E-state index in [1.54, 1.807) is 0 Å². The summed E-state index contributed by atoms with van der Waals surface area (Å²) < 4.78 is 0. The number of fused-ring (bicyclic) bond motifs is 1. The zero-order valence-corrected chi connectivity index (χ0v) is 16.1. The number of nitrogens with zero attached hydrogens (tertiary/aromatic N) is 2. The van der Waals surface area contributed by atoms with Gasteiger partial charge in [-0.25, -0.2) is 0 Å². The molecule has 1 aliphatic heterocycles. The Bertz CT molecular complexity index is 779. The minimum Gasteiger partial charge on any atom is -0.339 e. The fourth-order valence-corrected chi connectivity index (χ4v) is 4.60. The van der Waals surface area contributed by atoms with Gasteiger partial charge in [-0.05, 0) is 36.6 Å². The lowest BCUT2D eigenvalue weighted by atomic mass is 9.91. The predicted molar refractivity (Wildman–Crippen MR) is 109 cm³/mol. The van der Waals surface area contributed by atoms with Gasteiger partial charge < -0.3 is 10.6 Å². The molecule has 1 fully saturated rings. The van der Waals surface area contributed by atoms with Crippen LogP contribution in [-0.4, -0.2) is 54.0 Å². The summed E-state index contributed by atoms with van der Waals surface area (Å²) in [7, 11) is 2.11. The lowest BCUT2D eigenvalue weighted by Gasteiger charge is -2.40. The lowest BCUT2D eigenvalue weighted by Crippen LogP contribution is -2.59. The molecule has 1 atom stereocenters. The van der Waals surface area contributed by atoms with Crippen molar-refractivity contribution in [3.63, 3.8) is 0 Å². The Labute approximate surface area is 162 Å². The van der Waals surface area contributed by atoms with Gasteiger partial charge in [-0.2, -0.15) is 0 Å². The van der Waals surface area contributed by atoms with Crippen molar-refractivity contribution < 1.29 is 4.79 Å². The number of hydrogen-bond acceptors (Lipinski definition) is 3. The van der Waals surface area contributed by atoms with Gasteiger partial charge in [0, 0.05) is 38.5 Å². The SMILES string of the molecule is CN(CCc1ccccc1)C1(C(=O)N2CC[C@H](N)C2)Cc2ccccc2C1. The molecule has 0 aromatic heterocycles. The highest BCUT2D eigenvalue weighted by molar-refractivity contribution is 5.88. The Morgan fingerprint density at radius 2 is 1.74 bits per heavy atom. The van der Waals surface area contributed by atoms with Crippen LogP contribution in [-0.2, 0) is 24.1 Å². The van der Waals surface area contributed by atoms with Crippen LogP contribution < -0.4 is 5.73 Å². The maximum atomic E-state index is 13.7. The maximum absolute atomic E-state index is 13.7. The molecule has 1 amide bonds. The van der Waals surface area contributed by atoms with Gasteiger partial charge in [0.05, 0.1) is 0 Å². The summed E-state index contributed by atoms with van der Waals surface area (Å²) in [5, 5.41) is 0. The number of benzene rings is 2. The third-order valence-corrected chi connectivity index (χ3v) is 6.30. The fourth-order valence-electron chi connectivity index (χ4n) is 4.60. The topological polar surface area (TPSA) is 49.6 Å². The number of rotatable bonds is 5. The van der Waals surface area contributed by atoms with E-state index in [1.807, 2.05) is 11.0 Å². The zero-order chi connectivity index (χ0) is 18.9. The first-order chi connectivity index (χ1) is 13.1. The largest absolute Gasteiger partial charge is 0.339 e. The number of likely N-dealkylation sites (N-methyl/N-ethyl adjacent to an activating group) is 1. The summed E-state index contributed by atoms with van der Waals surface area (Å²) in [4.78, 5) is 18.0. The molecule has 1 heterocycles. The average molecular weight is 364 g/mol. The second-order valence-electron chi connectivity index (χ2n) is 8.11. The minimum atomic E-state index is -0.484. The number of carbonyl (C=O) groups is 1. The molecule has 0 bridgehead atoms. The summed E-state index contributed by atoms with van der Waals surface area (Å²) in [5.74, 6) is 0.252. The van der Waals surface area contributed by atoms with Crippen LogP contribution in [0.25, 0.3) is 0 Å². The Balaban J connectivity index is 1.58. The number of amides is 1. The van der Waals surface area contributed by atoms with Gasteiger partial charge in [0.1, 0.15) is 5.54 Å². The van der Waals surface area contributed by atoms with E-state index >= 15 is 0 Å². The molecule has 0 spiro atoms. The standard InChI is InChI=1S/C23H29N3O/c1-25(13-11-18-7-3-2-4-8-18)23(22(27)26-14-12-21(24)17-26)15-19-9-5-6-10-20(19)16-23/h2-10,21H,11-17,24H2,1H3/t21-/m0/s1. The Hall–Kier alpha value is -2.17. The van der Waals surface area contributed by atoms with E-state index in [4.69, 9.17) is 5.73 Å². The zero-order valence-electron chi connectivity index (χ0n) is 16.1.